The van der Waals surface area contributed by atoms with Crippen molar-refractivity contribution in [2.75, 3.05) is 7.11 Å². The molecular formula is C18H18O2. The van der Waals surface area contributed by atoms with Crippen molar-refractivity contribution in [3.8, 4) is 5.75 Å². The van der Waals surface area contributed by atoms with Crippen molar-refractivity contribution < 1.29 is 9.53 Å². The fourth-order valence-corrected chi connectivity index (χ4v) is 3.18. The van der Waals surface area contributed by atoms with E-state index in [2.05, 4.69) is 36.4 Å². The predicted molar refractivity (Wildman–Crippen MR) is 79.1 cm³/mol. The van der Waals surface area contributed by atoms with Crippen LogP contribution in [-0.2, 0) is 4.79 Å². The lowest BCUT2D eigenvalue weighted by Crippen LogP contribution is -2.33. The van der Waals surface area contributed by atoms with E-state index in [1.807, 2.05) is 18.2 Å². The van der Waals surface area contributed by atoms with Gasteiger partial charge in [-0.15, -0.1) is 0 Å². The van der Waals surface area contributed by atoms with Crippen LogP contribution in [0.3, 0.4) is 0 Å². The van der Waals surface area contributed by atoms with E-state index in [1.54, 1.807) is 7.11 Å². The number of methoxy groups -OCH3 is 1. The van der Waals surface area contributed by atoms with Crippen LogP contribution < -0.4 is 4.74 Å². The lowest BCUT2D eigenvalue weighted by atomic mass is 9.60. The van der Waals surface area contributed by atoms with Gasteiger partial charge in [0.2, 0.25) is 0 Å². The van der Waals surface area contributed by atoms with E-state index in [1.165, 1.54) is 11.1 Å². The van der Waals surface area contributed by atoms with Gasteiger partial charge in [-0.2, -0.15) is 0 Å². The molecule has 0 aliphatic heterocycles. The molecule has 2 aromatic rings. The van der Waals surface area contributed by atoms with Gasteiger partial charge in [0.1, 0.15) is 12.0 Å². The van der Waals surface area contributed by atoms with Crippen molar-refractivity contribution in [1.29, 1.82) is 0 Å². The second-order valence-corrected chi connectivity index (χ2v) is 5.35. The summed E-state index contributed by atoms with van der Waals surface area (Å²) in [7, 11) is 1.67. The van der Waals surface area contributed by atoms with Gasteiger partial charge in [0.25, 0.3) is 0 Å². The van der Waals surface area contributed by atoms with Crippen LogP contribution >= 0.6 is 0 Å². The zero-order valence-corrected chi connectivity index (χ0v) is 11.5. The number of hydrogen-bond acceptors (Lipinski definition) is 2. The van der Waals surface area contributed by atoms with Crippen LogP contribution in [0.1, 0.15) is 29.4 Å². The Morgan fingerprint density at radius 3 is 2.30 bits per heavy atom. The first-order chi connectivity index (χ1) is 9.83. The van der Waals surface area contributed by atoms with Gasteiger partial charge in [-0.25, -0.2) is 0 Å². The van der Waals surface area contributed by atoms with E-state index >= 15 is 0 Å². The molecule has 0 aromatic heterocycles. The van der Waals surface area contributed by atoms with E-state index in [0.717, 1.165) is 18.5 Å². The lowest BCUT2D eigenvalue weighted by molar-refractivity contribution is -0.114. The van der Waals surface area contributed by atoms with Crippen molar-refractivity contribution >= 4 is 6.29 Å². The first kappa shape index (κ1) is 12.9. The molecule has 0 spiro atoms. The van der Waals surface area contributed by atoms with Gasteiger partial charge < -0.3 is 9.53 Å². The Kier molecular flexibility index (Phi) is 3.55. The van der Waals surface area contributed by atoms with Crippen LogP contribution in [0.2, 0.25) is 0 Å². The minimum Gasteiger partial charge on any atom is -0.497 e. The van der Waals surface area contributed by atoms with Gasteiger partial charge >= 0.3 is 0 Å². The average Bonchev–Trinajstić information content (AvgIpc) is 2.49. The summed E-state index contributed by atoms with van der Waals surface area (Å²) in [5.41, 5.74) is 2.55. The number of carbonyl (C=O) groups is 1. The molecule has 1 saturated carbocycles. The quantitative estimate of drug-likeness (QED) is 0.787. The molecule has 0 amide bonds. The third kappa shape index (κ3) is 2.22. The first-order valence-electron chi connectivity index (χ1n) is 6.97. The molecule has 0 radical (unpaired) electrons. The van der Waals surface area contributed by atoms with E-state index in [4.69, 9.17) is 4.74 Å². The van der Waals surface area contributed by atoms with Crippen LogP contribution in [0.25, 0.3) is 0 Å². The van der Waals surface area contributed by atoms with E-state index < -0.39 is 0 Å². The maximum Gasteiger partial charge on any atom is 0.123 e. The first-order valence-corrected chi connectivity index (χ1v) is 6.97. The molecule has 1 aliphatic rings. The Morgan fingerprint density at radius 1 is 1.00 bits per heavy atom. The number of rotatable bonds is 4. The number of aldehydes is 1. The molecule has 2 heteroatoms. The number of benzene rings is 2. The predicted octanol–water partition coefficient (Wildman–Crippen LogP) is 3.78. The largest absolute Gasteiger partial charge is 0.497 e. The van der Waals surface area contributed by atoms with Gasteiger partial charge in [-0.3, -0.25) is 0 Å². The summed E-state index contributed by atoms with van der Waals surface area (Å²) in [4.78, 5) is 11.2. The highest BCUT2D eigenvalue weighted by molar-refractivity contribution is 5.60. The normalized spacial score (nSPS) is 24.8. The molecule has 0 heterocycles. The van der Waals surface area contributed by atoms with Gasteiger partial charge in [-0.1, -0.05) is 42.5 Å². The summed E-state index contributed by atoms with van der Waals surface area (Å²) in [5, 5.41) is 0. The smallest absolute Gasteiger partial charge is 0.123 e. The number of hydrogen-bond donors (Lipinski definition) is 0. The maximum absolute atomic E-state index is 11.2. The number of carbonyl (C=O) groups excluding carboxylic acids is 1. The molecule has 2 nitrogen and oxygen atoms in total. The second kappa shape index (κ2) is 5.49. The van der Waals surface area contributed by atoms with E-state index in [-0.39, 0.29) is 5.92 Å². The Hall–Kier alpha value is -2.09. The monoisotopic (exact) mass is 266 g/mol. The summed E-state index contributed by atoms with van der Waals surface area (Å²) >= 11 is 0. The summed E-state index contributed by atoms with van der Waals surface area (Å²) in [6.07, 6.45) is 2.05. The van der Waals surface area contributed by atoms with Crippen molar-refractivity contribution in [2.24, 2.45) is 5.92 Å². The van der Waals surface area contributed by atoms with E-state index in [0.29, 0.717) is 11.8 Å². The summed E-state index contributed by atoms with van der Waals surface area (Å²) in [6.45, 7) is 0. The standard InChI is InChI=1S/C18H18O2/c1-20-16-9-7-14(8-10-16)18-15(12-19)11-17(18)13-5-3-2-4-6-13/h2-10,12,15,17-18H,11H2,1H3/t15-,17+,18-/m1/s1. The molecule has 0 unspecified atom stereocenters. The van der Waals surface area contributed by atoms with Gasteiger partial charge in [-0.05, 0) is 35.6 Å². The molecule has 0 saturated heterocycles. The number of ether oxygens (including phenoxy) is 1. The van der Waals surface area contributed by atoms with Crippen LogP contribution in [0.15, 0.2) is 54.6 Å². The zero-order valence-electron chi connectivity index (χ0n) is 11.5. The zero-order chi connectivity index (χ0) is 13.9. The molecule has 3 atom stereocenters. The van der Waals surface area contributed by atoms with Crippen molar-refractivity contribution in [3.63, 3.8) is 0 Å². The average molecular weight is 266 g/mol. The second-order valence-electron chi connectivity index (χ2n) is 5.35. The SMILES string of the molecule is COc1ccc([C@@H]2[C@@H](C=O)C[C@H]2c2ccccc2)cc1. The Bertz CT molecular complexity index is 574. The summed E-state index contributed by atoms with van der Waals surface area (Å²) in [5.74, 6) is 1.72. The van der Waals surface area contributed by atoms with Crippen LogP contribution in [0.4, 0.5) is 0 Å². The third-order valence-corrected chi connectivity index (χ3v) is 4.32. The Balaban J connectivity index is 1.89. The lowest BCUT2D eigenvalue weighted by Gasteiger charge is -2.43. The highest BCUT2D eigenvalue weighted by Gasteiger charge is 2.42. The molecule has 1 fully saturated rings. The maximum atomic E-state index is 11.2. The van der Waals surface area contributed by atoms with Crippen molar-refractivity contribution in [2.45, 2.75) is 18.3 Å². The van der Waals surface area contributed by atoms with Gasteiger partial charge in [0.05, 0.1) is 7.11 Å². The Morgan fingerprint density at radius 2 is 1.70 bits per heavy atom. The Labute approximate surface area is 119 Å². The van der Waals surface area contributed by atoms with Gasteiger partial charge in [0, 0.05) is 11.8 Å². The molecule has 1 aliphatic carbocycles. The molecule has 2 aromatic carbocycles. The van der Waals surface area contributed by atoms with E-state index in [9.17, 15) is 4.79 Å². The minimum absolute atomic E-state index is 0.133. The molecule has 0 bridgehead atoms. The fourth-order valence-electron chi connectivity index (χ4n) is 3.18. The molecule has 102 valence electrons. The molecule has 0 N–H and O–H groups in total. The topological polar surface area (TPSA) is 26.3 Å². The highest BCUT2D eigenvalue weighted by Crippen LogP contribution is 2.52. The highest BCUT2D eigenvalue weighted by atomic mass is 16.5. The van der Waals surface area contributed by atoms with Crippen LogP contribution in [0, 0.1) is 5.92 Å². The molecule has 20 heavy (non-hydrogen) atoms. The minimum atomic E-state index is 0.133. The molecule has 3 rings (SSSR count). The van der Waals surface area contributed by atoms with Crippen LogP contribution in [0.5, 0.6) is 5.75 Å². The third-order valence-electron chi connectivity index (χ3n) is 4.32. The summed E-state index contributed by atoms with van der Waals surface area (Å²) in [6, 6.07) is 18.6. The molecular weight excluding hydrogens is 248 g/mol. The van der Waals surface area contributed by atoms with Crippen molar-refractivity contribution in [1.82, 2.24) is 0 Å². The fraction of sp³-hybridized carbons (Fsp3) is 0.278. The summed E-state index contributed by atoms with van der Waals surface area (Å²) < 4.78 is 5.20. The van der Waals surface area contributed by atoms with Crippen molar-refractivity contribution in [3.05, 3.63) is 65.7 Å². The van der Waals surface area contributed by atoms with Gasteiger partial charge in [0.15, 0.2) is 0 Å². The van der Waals surface area contributed by atoms with Crippen LogP contribution in [-0.4, -0.2) is 13.4 Å².